The lowest BCUT2D eigenvalue weighted by atomic mass is 10.1. The third-order valence-electron chi connectivity index (χ3n) is 5.50. The maximum atomic E-state index is 12.0. The molecule has 0 bridgehead atoms. The Bertz CT molecular complexity index is 1420. The molecule has 0 unspecified atom stereocenters. The third-order valence-corrected chi connectivity index (χ3v) is 5.50. The Morgan fingerprint density at radius 1 is 0.486 bits per heavy atom. The van der Waals surface area contributed by atoms with Gasteiger partial charge in [0.1, 0.15) is 11.5 Å². The van der Waals surface area contributed by atoms with Crippen LogP contribution in [0.1, 0.15) is 31.8 Å². The highest BCUT2D eigenvalue weighted by molar-refractivity contribution is 6.18. The van der Waals surface area contributed by atoms with Gasteiger partial charge in [-0.25, -0.2) is 19.6 Å². The van der Waals surface area contributed by atoms with Gasteiger partial charge in [0.05, 0.1) is 33.6 Å². The molecule has 0 radical (unpaired) electrons. The zero-order valence-corrected chi connectivity index (χ0v) is 18.2. The normalized spacial score (nSPS) is 16.1. The summed E-state index contributed by atoms with van der Waals surface area (Å²) in [5.74, 6) is 1.01. The predicted molar refractivity (Wildman–Crippen MR) is 129 cm³/mol. The van der Waals surface area contributed by atoms with Crippen LogP contribution in [0.15, 0.2) is 107 Å². The van der Waals surface area contributed by atoms with Crippen molar-refractivity contribution in [1.82, 2.24) is 0 Å². The number of benzene rings is 4. The van der Waals surface area contributed by atoms with E-state index in [9.17, 15) is 9.59 Å². The lowest BCUT2D eigenvalue weighted by Gasteiger charge is -2.06. The van der Waals surface area contributed by atoms with Gasteiger partial charge in [0.25, 0.3) is 0 Å². The first-order valence-electron chi connectivity index (χ1n) is 10.8. The van der Waals surface area contributed by atoms with Gasteiger partial charge in [0, 0.05) is 0 Å². The van der Waals surface area contributed by atoms with Gasteiger partial charge >= 0.3 is 11.9 Å². The third kappa shape index (κ3) is 3.95. The Hall–Kier alpha value is -5.04. The molecule has 7 heteroatoms. The van der Waals surface area contributed by atoms with E-state index in [-0.39, 0.29) is 11.8 Å². The first-order valence-corrected chi connectivity index (χ1v) is 10.8. The monoisotopic (exact) mass is 460 g/mol. The topological polar surface area (TPSA) is 86.6 Å². The van der Waals surface area contributed by atoms with E-state index in [1.807, 2.05) is 12.1 Å². The van der Waals surface area contributed by atoms with Crippen LogP contribution >= 0.6 is 0 Å². The summed E-state index contributed by atoms with van der Waals surface area (Å²) in [7, 11) is 0. The standard InChI is InChI=1S/C28H16N2O5/c31-27-23-7-3-1-5-21(23)25(34-27)29-17-9-13-19(14-10-17)33-20-15-11-18(12-16-20)30-26-22-6-2-4-8-24(22)28(32)35-26/h1-16H. The van der Waals surface area contributed by atoms with Gasteiger partial charge in [0.2, 0.25) is 11.8 Å². The second-order valence-corrected chi connectivity index (χ2v) is 7.79. The van der Waals surface area contributed by atoms with Crippen LogP contribution in [0.2, 0.25) is 0 Å². The number of hydrogen-bond acceptors (Lipinski definition) is 7. The number of cyclic esters (lactones) is 2. The van der Waals surface area contributed by atoms with E-state index in [0.29, 0.717) is 45.1 Å². The van der Waals surface area contributed by atoms with Crippen LogP contribution in [0.25, 0.3) is 0 Å². The molecule has 0 saturated heterocycles. The van der Waals surface area contributed by atoms with E-state index in [2.05, 4.69) is 9.98 Å². The van der Waals surface area contributed by atoms with Crippen LogP contribution < -0.4 is 4.74 Å². The molecular weight excluding hydrogens is 444 g/mol. The minimum absolute atomic E-state index is 0.284. The van der Waals surface area contributed by atoms with Crippen molar-refractivity contribution in [3.05, 3.63) is 119 Å². The lowest BCUT2D eigenvalue weighted by molar-refractivity contribution is 0.0727. The van der Waals surface area contributed by atoms with Gasteiger partial charge in [-0.15, -0.1) is 0 Å². The number of ether oxygens (including phenoxy) is 3. The number of rotatable bonds is 4. The molecule has 2 heterocycles. The molecular formula is C28H16N2O5. The number of hydrogen-bond donors (Lipinski definition) is 0. The van der Waals surface area contributed by atoms with Crippen LogP contribution in [-0.2, 0) is 9.47 Å². The molecule has 168 valence electrons. The molecule has 0 amide bonds. The molecule has 2 aliphatic heterocycles. The Labute approximate surface area is 200 Å². The summed E-state index contributed by atoms with van der Waals surface area (Å²) in [5.41, 5.74) is 3.64. The van der Waals surface area contributed by atoms with E-state index in [4.69, 9.17) is 14.2 Å². The molecule has 6 rings (SSSR count). The summed E-state index contributed by atoms with van der Waals surface area (Å²) in [6, 6.07) is 28.6. The van der Waals surface area contributed by atoms with E-state index in [1.165, 1.54) is 0 Å². The maximum absolute atomic E-state index is 12.0. The number of esters is 2. The van der Waals surface area contributed by atoms with Crippen molar-refractivity contribution in [2.45, 2.75) is 0 Å². The molecule has 35 heavy (non-hydrogen) atoms. The van der Waals surface area contributed by atoms with Gasteiger partial charge in [-0.2, -0.15) is 0 Å². The molecule has 0 aromatic heterocycles. The molecule has 0 atom stereocenters. The smallest absolute Gasteiger partial charge is 0.345 e. The Balaban J connectivity index is 1.16. The molecule has 0 fully saturated rings. The SMILES string of the molecule is O=C1OC(=Nc2ccc(Oc3ccc(N=C4OC(=O)c5ccccc54)cc3)cc2)c2ccccc21. The largest absolute Gasteiger partial charge is 0.457 e. The maximum Gasteiger partial charge on any atom is 0.345 e. The molecule has 7 nitrogen and oxygen atoms in total. The summed E-state index contributed by atoms with van der Waals surface area (Å²) >= 11 is 0. The summed E-state index contributed by atoms with van der Waals surface area (Å²) < 4.78 is 16.5. The second-order valence-electron chi connectivity index (χ2n) is 7.79. The summed E-state index contributed by atoms with van der Waals surface area (Å²) in [4.78, 5) is 32.8. The second kappa shape index (κ2) is 8.39. The zero-order chi connectivity index (χ0) is 23.8. The Morgan fingerprint density at radius 2 is 0.857 bits per heavy atom. The summed E-state index contributed by atoms with van der Waals surface area (Å²) in [5, 5.41) is 0. The first-order chi connectivity index (χ1) is 17.1. The van der Waals surface area contributed by atoms with Crippen LogP contribution in [-0.4, -0.2) is 23.7 Å². The molecule has 4 aromatic rings. The van der Waals surface area contributed by atoms with E-state index in [0.717, 1.165) is 0 Å². The summed E-state index contributed by atoms with van der Waals surface area (Å²) in [6.07, 6.45) is 0. The molecule has 4 aromatic carbocycles. The number of carbonyl (C=O) groups is 2. The average Bonchev–Trinajstić information content (AvgIpc) is 3.38. The van der Waals surface area contributed by atoms with Crippen molar-refractivity contribution in [3.8, 4) is 11.5 Å². The minimum Gasteiger partial charge on any atom is -0.457 e. The van der Waals surface area contributed by atoms with Gasteiger partial charge in [-0.3, -0.25) is 0 Å². The summed E-state index contributed by atoms with van der Waals surface area (Å²) in [6.45, 7) is 0. The highest BCUT2D eigenvalue weighted by Crippen LogP contribution is 2.29. The average molecular weight is 460 g/mol. The van der Waals surface area contributed by atoms with Gasteiger partial charge in [-0.1, -0.05) is 24.3 Å². The van der Waals surface area contributed by atoms with Crippen molar-refractivity contribution in [2.24, 2.45) is 9.98 Å². The zero-order valence-electron chi connectivity index (χ0n) is 18.2. The van der Waals surface area contributed by atoms with Crippen molar-refractivity contribution >= 4 is 35.1 Å². The van der Waals surface area contributed by atoms with Crippen LogP contribution in [0.4, 0.5) is 11.4 Å². The van der Waals surface area contributed by atoms with Gasteiger partial charge in [-0.05, 0) is 72.8 Å². The van der Waals surface area contributed by atoms with E-state index >= 15 is 0 Å². The van der Waals surface area contributed by atoms with Gasteiger partial charge in [0.15, 0.2) is 0 Å². The van der Waals surface area contributed by atoms with Crippen molar-refractivity contribution in [1.29, 1.82) is 0 Å². The lowest BCUT2D eigenvalue weighted by Crippen LogP contribution is -1.99. The first kappa shape index (κ1) is 20.6. The number of aliphatic imine (C=N–C) groups is 2. The van der Waals surface area contributed by atoms with Crippen molar-refractivity contribution in [3.63, 3.8) is 0 Å². The van der Waals surface area contributed by atoms with E-state index < -0.39 is 11.9 Å². The molecule has 0 saturated carbocycles. The fourth-order valence-electron chi connectivity index (χ4n) is 3.80. The number of carbonyl (C=O) groups excluding carboxylic acids is 2. The van der Waals surface area contributed by atoms with Crippen LogP contribution in [0, 0.1) is 0 Å². The minimum atomic E-state index is -0.400. The highest BCUT2D eigenvalue weighted by Gasteiger charge is 2.28. The quantitative estimate of drug-likeness (QED) is 0.350. The van der Waals surface area contributed by atoms with Crippen molar-refractivity contribution in [2.75, 3.05) is 0 Å². The number of fused-ring (bicyclic) bond motifs is 2. The fraction of sp³-hybridized carbons (Fsp3) is 0. The van der Waals surface area contributed by atoms with E-state index in [1.54, 1.807) is 84.9 Å². The van der Waals surface area contributed by atoms with Crippen LogP contribution in [0.5, 0.6) is 11.5 Å². The molecule has 0 aliphatic carbocycles. The predicted octanol–water partition coefficient (Wildman–Crippen LogP) is 5.98. The molecule has 0 N–H and O–H groups in total. The fourth-order valence-corrected chi connectivity index (χ4v) is 3.80. The van der Waals surface area contributed by atoms with Crippen molar-refractivity contribution < 1.29 is 23.8 Å². The molecule has 0 spiro atoms. The van der Waals surface area contributed by atoms with Crippen LogP contribution in [0.3, 0.4) is 0 Å². The Morgan fingerprint density at radius 3 is 1.26 bits per heavy atom. The highest BCUT2D eigenvalue weighted by atomic mass is 16.6. The molecule has 2 aliphatic rings. The van der Waals surface area contributed by atoms with Gasteiger partial charge < -0.3 is 14.2 Å². The Kier molecular flexibility index (Phi) is 4.93. The number of nitrogens with zero attached hydrogens (tertiary/aromatic N) is 2.